The van der Waals surface area contributed by atoms with Gasteiger partial charge in [0.05, 0.1) is 21.5 Å². The van der Waals surface area contributed by atoms with Crippen molar-refractivity contribution in [3.63, 3.8) is 0 Å². The Morgan fingerprint density at radius 3 is 2.48 bits per heavy atom. The van der Waals surface area contributed by atoms with Gasteiger partial charge in [0.2, 0.25) is 0 Å². The van der Waals surface area contributed by atoms with Gasteiger partial charge in [0.25, 0.3) is 15.9 Å². The molecule has 6 nitrogen and oxygen atoms in total. The molecule has 0 aliphatic heterocycles. The summed E-state index contributed by atoms with van der Waals surface area (Å²) in [5.74, 6) is 1.16. The van der Waals surface area contributed by atoms with E-state index in [1.54, 1.807) is 31.3 Å². The molecular formula is C20H18Cl2N2O4S. The fourth-order valence-corrected chi connectivity index (χ4v) is 4.11. The third-order valence-corrected chi connectivity index (χ3v) is 6.22. The molecule has 0 atom stereocenters. The summed E-state index contributed by atoms with van der Waals surface area (Å²) in [5.41, 5.74) is 0.592. The quantitative estimate of drug-likeness (QED) is 0.572. The summed E-state index contributed by atoms with van der Waals surface area (Å²) in [6.07, 6.45) is 0. The molecule has 1 amide bonds. The monoisotopic (exact) mass is 452 g/mol. The van der Waals surface area contributed by atoms with Crippen molar-refractivity contribution >= 4 is 44.8 Å². The van der Waals surface area contributed by atoms with E-state index in [1.165, 1.54) is 29.2 Å². The number of sulfonamides is 1. The van der Waals surface area contributed by atoms with E-state index in [9.17, 15) is 13.2 Å². The highest BCUT2D eigenvalue weighted by atomic mass is 35.5. The molecule has 1 N–H and O–H groups in total. The van der Waals surface area contributed by atoms with E-state index < -0.39 is 10.0 Å². The number of halogens is 2. The van der Waals surface area contributed by atoms with Gasteiger partial charge >= 0.3 is 0 Å². The average Bonchev–Trinajstić information content (AvgIpc) is 3.07. The number of amides is 1. The van der Waals surface area contributed by atoms with E-state index in [2.05, 4.69) is 4.72 Å². The number of nitrogens with one attached hydrogen (secondary N) is 1. The lowest BCUT2D eigenvalue weighted by molar-refractivity contribution is 0.0775. The van der Waals surface area contributed by atoms with Crippen LogP contribution >= 0.6 is 23.2 Å². The molecular weight excluding hydrogens is 435 g/mol. The molecule has 0 fully saturated rings. The molecule has 0 spiro atoms. The lowest BCUT2D eigenvalue weighted by Gasteiger charge is -2.16. The van der Waals surface area contributed by atoms with Crippen LogP contribution in [-0.4, -0.2) is 26.3 Å². The molecule has 1 aromatic heterocycles. The molecule has 3 rings (SSSR count). The first kappa shape index (κ1) is 21.2. The Morgan fingerprint density at radius 2 is 1.83 bits per heavy atom. The molecule has 3 aromatic rings. The second-order valence-corrected chi connectivity index (χ2v) is 8.93. The molecule has 0 saturated carbocycles. The van der Waals surface area contributed by atoms with Gasteiger partial charge < -0.3 is 9.32 Å². The van der Waals surface area contributed by atoms with E-state index in [4.69, 9.17) is 27.6 Å². The topological polar surface area (TPSA) is 79.6 Å². The van der Waals surface area contributed by atoms with Gasteiger partial charge in [-0.05, 0) is 55.5 Å². The fourth-order valence-electron chi connectivity index (χ4n) is 2.67. The minimum absolute atomic E-state index is 0.0334. The van der Waals surface area contributed by atoms with Gasteiger partial charge in [-0.3, -0.25) is 9.52 Å². The van der Waals surface area contributed by atoms with Crippen molar-refractivity contribution in [1.82, 2.24) is 4.90 Å². The molecule has 0 radical (unpaired) electrons. The smallest absolute Gasteiger partial charge is 0.261 e. The van der Waals surface area contributed by atoms with Crippen LogP contribution in [0.4, 0.5) is 5.69 Å². The number of anilines is 1. The Labute approximate surface area is 179 Å². The first-order valence-corrected chi connectivity index (χ1v) is 10.8. The van der Waals surface area contributed by atoms with Crippen molar-refractivity contribution in [3.05, 3.63) is 81.7 Å². The summed E-state index contributed by atoms with van der Waals surface area (Å²) in [7, 11) is -2.25. The predicted molar refractivity (Wildman–Crippen MR) is 113 cm³/mol. The number of hydrogen-bond acceptors (Lipinski definition) is 4. The Hall–Kier alpha value is -2.48. The Bertz CT molecular complexity index is 1160. The van der Waals surface area contributed by atoms with Crippen LogP contribution in [0.3, 0.4) is 0 Å². The minimum atomic E-state index is -3.89. The number of hydrogen-bond donors (Lipinski definition) is 1. The molecule has 0 aliphatic carbocycles. The van der Waals surface area contributed by atoms with Gasteiger partial charge in [-0.25, -0.2) is 8.42 Å². The van der Waals surface area contributed by atoms with E-state index in [1.807, 2.05) is 13.0 Å². The van der Waals surface area contributed by atoms with Gasteiger partial charge in [0, 0.05) is 18.3 Å². The van der Waals surface area contributed by atoms with E-state index >= 15 is 0 Å². The third-order valence-electron chi connectivity index (χ3n) is 4.10. The fraction of sp³-hybridized carbons (Fsp3) is 0.150. The highest BCUT2D eigenvalue weighted by Crippen LogP contribution is 2.26. The second-order valence-electron chi connectivity index (χ2n) is 6.44. The number of aryl methyl sites for hydroxylation is 1. The summed E-state index contributed by atoms with van der Waals surface area (Å²) >= 11 is 11.7. The van der Waals surface area contributed by atoms with Crippen LogP contribution in [0.1, 0.15) is 21.9 Å². The summed E-state index contributed by atoms with van der Waals surface area (Å²) in [4.78, 5) is 14.2. The van der Waals surface area contributed by atoms with Crippen LogP contribution in [0, 0.1) is 6.92 Å². The zero-order valence-electron chi connectivity index (χ0n) is 15.6. The lowest BCUT2D eigenvalue weighted by Crippen LogP contribution is -2.26. The number of carbonyl (C=O) groups is 1. The van der Waals surface area contributed by atoms with E-state index in [-0.39, 0.29) is 26.5 Å². The van der Waals surface area contributed by atoms with Gasteiger partial charge in [-0.15, -0.1) is 0 Å². The first-order chi connectivity index (χ1) is 13.7. The number of rotatable bonds is 6. The van der Waals surface area contributed by atoms with E-state index in [0.717, 1.165) is 5.76 Å². The molecule has 152 valence electrons. The average molecular weight is 453 g/mol. The van der Waals surface area contributed by atoms with Crippen LogP contribution < -0.4 is 4.72 Å². The Balaban J connectivity index is 1.77. The number of benzene rings is 2. The van der Waals surface area contributed by atoms with Crippen molar-refractivity contribution in [3.8, 4) is 0 Å². The highest BCUT2D eigenvalue weighted by Gasteiger charge is 2.18. The summed E-state index contributed by atoms with van der Waals surface area (Å²) in [5, 5.41) is 0.390. The molecule has 0 unspecified atom stereocenters. The van der Waals surface area contributed by atoms with Crippen molar-refractivity contribution in [2.75, 3.05) is 11.8 Å². The first-order valence-electron chi connectivity index (χ1n) is 8.54. The van der Waals surface area contributed by atoms with E-state index in [0.29, 0.717) is 17.9 Å². The standard InChI is InChI=1S/C20H18Cl2N2O4S/c1-13-6-7-16(28-13)12-24(2)20(25)14-4-3-5-15(10-14)23-29(26,27)17-8-9-18(21)19(22)11-17/h3-11,23H,12H2,1-2H3. The number of carbonyl (C=O) groups excluding carboxylic acids is 1. The maximum Gasteiger partial charge on any atom is 0.261 e. The largest absolute Gasteiger partial charge is 0.464 e. The number of nitrogens with zero attached hydrogens (tertiary/aromatic N) is 1. The van der Waals surface area contributed by atoms with Crippen molar-refractivity contribution in [2.45, 2.75) is 18.4 Å². The molecule has 29 heavy (non-hydrogen) atoms. The van der Waals surface area contributed by atoms with Crippen LogP contribution in [0.15, 0.2) is 63.9 Å². The zero-order chi connectivity index (χ0) is 21.2. The second kappa shape index (κ2) is 8.49. The molecule has 2 aromatic carbocycles. The molecule has 9 heteroatoms. The van der Waals surface area contributed by atoms with Crippen molar-refractivity contribution < 1.29 is 17.6 Å². The maximum atomic E-state index is 12.7. The Morgan fingerprint density at radius 1 is 1.07 bits per heavy atom. The minimum Gasteiger partial charge on any atom is -0.464 e. The normalized spacial score (nSPS) is 11.3. The molecule has 0 saturated heterocycles. The molecule has 0 bridgehead atoms. The van der Waals surface area contributed by atoms with Gasteiger partial charge in [0.1, 0.15) is 11.5 Å². The van der Waals surface area contributed by atoms with Crippen LogP contribution in [0.25, 0.3) is 0 Å². The zero-order valence-corrected chi connectivity index (χ0v) is 18.0. The predicted octanol–water partition coefficient (Wildman–Crippen LogP) is 4.97. The SMILES string of the molecule is Cc1ccc(CN(C)C(=O)c2cccc(NS(=O)(=O)c3ccc(Cl)c(Cl)c3)c2)o1. The summed E-state index contributed by atoms with van der Waals surface area (Å²) < 4.78 is 33.1. The number of furan rings is 1. The van der Waals surface area contributed by atoms with Gasteiger partial charge in [-0.1, -0.05) is 29.3 Å². The van der Waals surface area contributed by atoms with Gasteiger partial charge in [0.15, 0.2) is 0 Å². The van der Waals surface area contributed by atoms with Crippen molar-refractivity contribution in [2.24, 2.45) is 0 Å². The third kappa shape index (κ3) is 5.12. The van der Waals surface area contributed by atoms with Crippen LogP contribution in [0.5, 0.6) is 0 Å². The summed E-state index contributed by atoms with van der Waals surface area (Å²) in [6, 6.07) is 13.9. The van der Waals surface area contributed by atoms with Crippen LogP contribution in [0.2, 0.25) is 10.0 Å². The molecule has 1 heterocycles. The lowest BCUT2D eigenvalue weighted by atomic mass is 10.2. The van der Waals surface area contributed by atoms with Crippen LogP contribution in [-0.2, 0) is 16.6 Å². The molecule has 0 aliphatic rings. The van der Waals surface area contributed by atoms with Gasteiger partial charge in [-0.2, -0.15) is 0 Å². The summed E-state index contributed by atoms with van der Waals surface area (Å²) in [6.45, 7) is 2.13. The maximum absolute atomic E-state index is 12.7. The van der Waals surface area contributed by atoms with Crippen molar-refractivity contribution in [1.29, 1.82) is 0 Å². The highest BCUT2D eigenvalue weighted by molar-refractivity contribution is 7.92. The Kier molecular flexibility index (Phi) is 6.21.